The van der Waals surface area contributed by atoms with Crippen LogP contribution in [0.1, 0.15) is 26.2 Å². The van der Waals surface area contributed by atoms with E-state index in [0.717, 1.165) is 12.8 Å². The number of likely N-dealkylation sites (tertiary alicyclic amines) is 1. The molecule has 0 aliphatic carbocycles. The first kappa shape index (κ1) is 14.5. The standard InChI is InChI=1S/C11H20N2O3S/c1-8-3-2-6-13(8,11(15)16)10(14)9(7-17)4-5-12/h8-9H,2-7,12H2,1H3,(H-,15,16,17)/p+1/t8-,9?,13?/m1/s1. The first-order chi connectivity index (χ1) is 8.00. The van der Waals surface area contributed by atoms with Crippen LogP contribution in [-0.2, 0) is 4.79 Å². The molecule has 3 N–H and O–H groups in total. The number of nitrogens with zero attached hydrogens (tertiary/aromatic N) is 1. The molecule has 0 radical (unpaired) electrons. The van der Waals surface area contributed by atoms with Gasteiger partial charge in [-0.05, 0) is 19.9 Å². The molecule has 1 rings (SSSR count). The van der Waals surface area contributed by atoms with Crippen LogP contribution in [0.4, 0.5) is 4.79 Å². The van der Waals surface area contributed by atoms with E-state index in [-0.39, 0.29) is 17.9 Å². The molecule has 0 saturated carbocycles. The van der Waals surface area contributed by atoms with Crippen molar-refractivity contribution in [3.05, 3.63) is 0 Å². The number of carbonyl (C=O) groups excluding carboxylic acids is 1. The molecule has 0 spiro atoms. The third-order valence-corrected chi connectivity index (χ3v) is 4.15. The Bertz CT molecular complexity index is 311. The lowest BCUT2D eigenvalue weighted by atomic mass is 10.0. The van der Waals surface area contributed by atoms with Crippen molar-refractivity contribution in [3.8, 4) is 0 Å². The van der Waals surface area contributed by atoms with Crippen molar-refractivity contribution in [1.29, 1.82) is 0 Å². The summed E-state index contributed by atoms with van der Waals surface area (Å²) in [5.41, 5.74) is 5.45. The van der Waals surface area contributed by atoms with E-state index in [1.54, 1.807) is 0 Å². The summed E-state index contributed by atoms with van der Waals surface area (Å²) in [7, 11) is 0. The van der Waals surface area contributed by atoms with Gasteiger partial charge in [0.1, 0.15) is 6.04 Å². The Kier molecular flexibility index (Phi) is 4.97. The van der Waals surface area contributed by atoms with E-state index in [1.165, 1.54) is 0 Å². The highest BCUT2D eigenvalue weighted by atomic mass is 32.1. The topological polar surface area (TPSA) is 80.4 Å². The maximum atomic E-state index is 12.4. The summed E-state index contributed by atoms with van der Waals surface area (Å²) < 4.78 is -0.439. The Balaban J connectivity index is 2.99. The number of thiol groups is 1. The molecule has 17 heavy (non-hydrogen) atoms. The van der Waals surface area contributed by atoms with Crippen LogP contribution in [0.5, 0.6) is 0 Å². The lowest BCUT2D eigenvalue weighted by molar-refractivity contribution is -0.794. The fraction of sp³-hybridized carbons (Fsp3) is 0.818. The molecule has 98 valence electrons. The third-order valence-electron chi connectivity index (χ3n) is 3.70. The Labute approximate surface area is 107 Å². The Morgan fingerprint density at radius 1 is 1.59 bits per heavy atom. The number of amides is 2. The molecule has 1 saturated heterocycles. The highest BCUT2D eigenvalue weighted by Crippen LogP contribution is 2.31. The number of imide groups is 1. The van der Waals surface area contributed by atoms with E-state index in [1.807, 2.05) is 6.92 Å². The fourth-order valence-corrected chi connectivity index (χ4v) is 2.94. The zero-order valence-electron chi connectivity index (χ0n) is 10.1. The SMILES string of the molecule is C[C@@H]1CCC[N+]1(C(=O)O)C(=O)C(CS)CCN. The molecule has 6 heteroatoms. The Morgan fingerprint density at radius 3 is 2.59 bits per heavy atom. The lowest BCUT2D eigenvalue weighted by Gasteiger charge is -2.32. The predicted octanol–water partition coefficient (Wildman–Crippen LogP) is 1.08. The minimum atomic E-state index is -1.04. The molecule has 1 fully saturated rings. The summed E-state index contributed by atoms with van der Waals surface area (Å²) in [6, 6.07) is -0.153. The molecule has 1 heterocycles. The molecule has 0 aromatic heterocycles. The van der Waals surface area contributed by atoms with Crippen LogP contribution in [0.2, 0.25) is 0 Å². The number of hydrogen-bond donors (Lipinski definition) is 3. The smallest absolute Gasteiger partial charge is 0.435 e. The molecule has 2 amide bonds. The molecular formula is C11H21N2O3S+. The van der Waals surface area contributed by atoms with Crippen molar-refractivity contribution < 1.29 is 19.2 Å². The van der Waals surface area contributed by atoms with Gasteiger partial charge < -0.3 is 10.8 Å². The second kappa shape index (κ2) is 5.84. The largest absolute Gasteiger partial charge is 0.521 e. The number of quaternary nitrogens is 1. The zero-order chi connectivity index (χ0) is 13.1. The van der Waals surface area contributed by atoms with Crippen LogP contribution in [0.3, 0.4) is 0 Å². The number of hydrogen-bond acceptors (Lipinski definition) is 4. The van der Waals surface area contributed by atoms with Gasteiger partial charge in [0, 0.05) is 18.6 Å². The first-order valence-corrected chi connectivity index (χ1v) is 6.60. The van der Waals surface area contributed by atoms with Gasteiger partial charge in [-0.1, -0.05) is 0 Å². The van der Waals surface area contributed by atoms with Crippen LogP contribution >= 0.6 is 12.6 Å². The molecule has 0 aromatic carbocycles. The van der Waals surface area contributed by atoms with Crippen molar-refractivity contribution in [1.82, 2.24) is 0 Å². The molecule has 1 aliphatic heterocycles. The first-order valence-electron chi connectivity index (χ1n) is 5.97. The van der Waals surface area contributed by atoms with E-state index in [0.29, 0.717) is 25.3 Å². The quantitative estimate of drug-likeness (QED) is 0.522. The van der Waals surface area contributed by atoms with Crippen LogP contribution in [-0.4, -0.2) is 46.5 Å². The Morgan fingerprint density at radius 2 is 2.24 bits per heavy atom. The van der Waals surface area contributed by atoms with E-state index >= 15 is 0 Å². The zero-order valence-corrected chi connectivity index (χ0v) is 11.0. The minimum absolute atomic E-state index is 0.153. The monoisotopic (exact) mass is 261 g/mol. The minimum Gasteiger partial charge on any atom is -0.435 e. The molecule has 3 atom stereocenters. The highest BCUT2D eigenvalue weighted by molar-refractivity contribution is 7.80. The molecule has 2 unspecified atom stereocenters. The summed E-state index contributed by atoms with van der Waals surface area (Å²) in [4.78, 5) is 23.9. The predicted molar refractivity (Wildman–Crippen MR) is 67.9 cm³/mol. The van der Waals surface area contributed by atoms with Crippen molar-refractivity contribution >= 4 is 24.6 Å². The van der Waals surface area contributed by atoms with Gasteiger partial charge in [0.15, 0.2) is 0 Å². The third kappa shape index (κ3) is 2.48. The van der Waals surface area contributed by atoms with Crippen molar-refractivity contribution in [3.63, 3.8) is 0 Å². The molecule has 5 nitrogen and oxygen atoms in total. The van der Waals surface area contributed by atoms with Crippen molar-refractivity contribution in [2.75, 3.05) is 18.8 Å². The summed E-state index contributed by atoms with van der Waals surface area (Å²) in [6.45, 7) is 2.60. The normalized spacial score (nSPS) is 30.2. The van der Waals surface area contributed by atoms with E-state index in [4.69, 9.17) is 5.73 Å². The van der Waals surface area contributed by atoms with Gasteiger partial charge in [0.05, 0.1) is 12.5 Å². The highest BCUT2D eigenvalue weighted by Gasteiger charge is 2.54. The molecular weight excluding hydrogens is 240 g/mol. The van der Waals surface area contributed by atoms with E-state index < -0.39 is 10.6 Å². The van der Waals surface area contributed by atoms with Crippen LogP contribution in [0.25, 0.3) is 0 Å². The maximum Gasteiger partial charge on any atom is 0.521 e. The molecule has 0 aromatic rings. The van der Waals surface area contributed by atoms with E-state index in [2.05, 4.69) is 12.6 Å². The maximum absolute atomic E-state index is 12.4. The molecule has 0 bridgehead atoms. The van der Waals surface area contributed by atoms with Crippen LogP contribution in [0.15, 0.2) is 0 Å². The van der Waals surface area contributed by atoms with Crippen LogP contribution in [0, 0.1) is 5.92 Å². The lowest BCUT2D eigenvalue weighted by Crippen LogP contribution is -2.60. The average molecular weight is 261 g/mol. The molecule has 1 aliphatic rings. The van der Waals surface area contributed by atoms with Gasteiger partial charge >= 0.3 is 12.0 Å². The summed E-state index contributed by atoms with van der Waals surface area (Å²) in [6.07, 6.45) is 1.02. The van der Waals surface area contributed by atoms with Crippen LogP contribution < -0.4 is 5.73 Å². The number of carboxylic acid groups (broad SMARTS) is 1. The van der Waals surface area contributed by atoms with Crippen molar-refractivity contribution in [2.24, 2.45) is 11.7 Å². The number of nitrogens with two attached hydrogens (primary N) is 1. The number of rotatable bonds is 4. The van der Waals surface area contributed by atoms with Crippen molar-refractivity contribution in [2.45, 2.75) is 32.2 Å². The van der Waals surface area contributed by atoms with Gasteiger partial charge in [-0.15, -0.1) is 0 Å². The average Bonchev–Trinajstić information content (AvgIpc) is 2.68. The Hall–Kier alpha value is -0.590. The summed E-state index contributed by atoms with van der Waals surface area (Å²) in [5, 5.41) is 9.41. The van der Waals surface area contributed by atoms with Gasteiger partial charge in [0.2, 0.25) is 0 Å². The summed E-state index contributed by atoms with van der Waals surface area (Å²) in [5.74, 6) is -0.237. The van der Waals surface area contributed by atoms with E-state index in [9.17, 15) is 14.7 Å². The second-order valence-electron chi connectivity index (χ2n) is 4.66. The summed E-state index contributed by atoms with van der Waals surface area (Å²) >= 11 is 4.14. The number of carbonyl (C=O) groups is 2. The van der Waals surface area contributed by atoms with Gasteiger partial charge in [-0.3, -0.25) is 0 Å². The van der Waals surface area contributed by atoms with Gasteiger partial charge in [0.25, 0.3) is 0 Å². The van der Waals surface area contributed by atoms with Gasteiger partial charge in [-0.25, -0.2) is 4.79 Å². The second-order valence-corrected chi connectivity index (χ2v) is 5.03. The van der Waals surface area contributed by atoms with Gasteiger partial charge in [-0.2, -0.15) is 21.9 Å². The fourth-order valence-electron chi connectivity index (χ4n) is 2.60.